The van der Waals surface area contributed by atoms with Gasteiger partial charge in [-0.3, -0.25) is 4.79 Å². The van der Waals surface area contributed by atoms with Gasteiger partial charge in [0.1, 0.15) is 0 Å². The van der Waals surface area contributed by atoms with Gasteiger partial charge in [0, 0.05) is 6.04 Å². The maximum absolute atomic E-state index is 12.1. The zero-order valence-electron chi connectivity index (χ0n) is 12.8. The normalized spacial score (nSPS) is 29.3. The average Bonchev–Trinajstić information content (AvgIpc) is 2.89. The van der Waals surface area contributed by atoms with Crippen molar-refractivity contribution in [2.75, 3.05) is 0 Å². The molecule has 0 aromatic rings. The molecule has 2 amide bonds. The zero-order valence-corrected chi connectivity index (χ0v) is 12.8. The molecule has 0 aromatic carbocycles. The topological polar surface area (TPSA) is 78.4 Å². The summed E-state index contributed by atoms with van der Waals surface area (Å²) < 4.78 is 0. The molecule has 5 heteroatoms. The molecule has 2 bridgehead atoms. The summed E-state index contributed by atoms with van der Waals surface area (Å²) in [5.74, 6) is 0.470. The maximum Gasteiger partial charge on any atom is 0.315 e. The summed E-state index contributed by atoms with van der Waals surface area (Å²) in [6.07, 6.45) is 4.80. The number of carboxylic acids is 1. The highest BCUT2D eigenvalue weighted by atomic mass is 16.4. The average molecular weight is 282 g/mol. The second kappa shape index (κ2) is 4.93. The van der Waals surface area contributed by atoms with E-state index in [9.17, 15) is 14.7 Å². The van der Waals surface area contributed by atoms with Gasteiger partial charge in [-0.25, -0.2) is 4.79 Å². The summed E-state index contributed by atoms with van der Waals surface area (Å²) >= 11 is 0. The van der Waals surface area contributed by atoms with Gasteiger partial charge in [0.05, 0.1) is 11.0 Å². The van der Waals surface area contributed by atoms with Crippen molar-refractivity contribution in [1.82, 2.24) is 10.6 Å². The highest BCUT2D eigenvalue weighted by Crippen LogP contribution is 2.44. The number of rotatable bonds is 4. The van der Waals surface area contributed by atoms with Gasteiger partial charge in [-0.15, -0.1) is 0 Å². The van der Waals surface area contributed by atoms with Crippen molar-refractivity contribution in [1.29, 1.82) is 0 Å². The molecule has 2 fully saturated rings. The van der Waals surface area contributed by atoms with Gasteiger partial charge in [0.25, 0.3) is 0 Å². The van der Waals surface area contributed by atoms with Crippen molar-refractivity contribution >= 4 is 12.0 Å². The van der Waals surface area contributed by atoms with Crippen molar-refractivity contribution in [2.45, 2.75) is 65.0 Å². The van der Waals surface area contributed by atoms with Gasteiger partial charge in [0.15, 0.2) is 0 Å². The van der Waals surface area contributed by atoms with Gasteiger partial charge >= 0.3 is 12.0 Å². The van der Waals surface area contributed by atoms with E-state index < -0.39 is 16.9 Å². The number of carboxylic acid groups (broad SMARTS) is 1. The molecule has 0 spiro atoms. The van der Waals surface area contributed by atoms with Crippen LogP contribution in [0.5, 0.6) is 0 Å². The molecule has 0 radical (unpaired) electrons. The monoisotopic (exact) mass is 282 g/mol. The molecule has 20 heavy (non-hydrogen) atoms. The number of hydrogen-bond acceptors (Lipinski definition) is 2. The van der Waals surface area contributed by atoms with E-state index in [4.69, 9.17) is 0 Å². The van der Waals surface area contributed by atoms with Gasteiger partial charge in [-0.1, -0.05) is 6.42 Å². The number of fused-ring (bicyclic) bond motifs is 2. The summed E-state index contributed by atoms with van der Waals surface area (Å²) in [7, 11) is 0. The third-order valence-electron chi connectivity index (χ3n) is 5.58. The molecule has 2 aliphatic carbocycles. The summed E-state index contributed by atoms with van der Waals surface area (Å²) in [5, 5.41) is 15.2. The van der Waals surface area contributed by atoms with Gasteiger partial charge < -0.3 is 15.7 Å². The van der Waals surface area contributed by atoms with E-state index in [-0.39, 0.29) is 12.1 Å². The molecule has 3 unspecified atom stereocenters. The van der Waals surface area contributed by atoms with Crippen LogP contribution >= 0.6 is 0 Å². The van der Waals surface area contributed by atoms with Crippen LogP contribution in [0.4, 0.5) is 4.79 Å². The van der Waals surface area contributed by atoms with E-state index in [2.05, 4.69) is 10.6 Å². The minimum atomic E-state index is -1.03. The molecule has 2 saturated carbocycles. The van der Waals surface area contributed by atoms with Crippen LogP contribution in [0.3, 0.4) is 0 Å². The molecule has 0 aliphatic heterocycles. The van der Waals surface area contributed by atoms with Crippen LogP contribution in [0.1, 0.15) is 53.4 Å². The molecular formula is C15H26N2O3. The first-order chi connectivity index (χ1) is 9.13. The summed E-state index contributed by atoms with van der Waals surface area (Å²) in [5.41, 5.74) is -1.85. The van der Waals surface area contributed by atoms with Crippen molar-refractivity contribution in [3.63, 3.8) is 0 Å². The van der Waals surface area contributed by atoms with Crippen LogP contribution < -0.4 is 10.6 Å². The zero-order chi connectivity index (χ0) is 15.1. The first-order valence-corrected chi connectivity index (χ1v) is 7.45. The SMILES string of the molecule is CC(C)(NC(=O)NC1CC2CCC1C2)C(C)(C)C(=O)O. The van der Waals surface area contributed by atoms with E-state index in [0.29, 0.717) is 5.92 Å². The fourth-order valence-corrected chi connectivity index (χ4v) is 3.33. The Balaban J connectivity index is 1.92. The van der Waals surface area contributed by atoms with E-state index in [1.54, 1.807) is 27.7 Å². The Morgan fingerprint density at radius 3 is 2.20 bits per heavy atom. The van der Waals surface area contributed by atoms with Crippen molar-refractivity contribution in [3.05, 3.63) is 0 Å². The molecule has 2 aliphatic rings. The van der Waals surface area contributed by atoms with Crippen LogP contribution in [0.2, 0.25) is 0 Å². The van der Waals surface area contributed by atoms with Crippen LogP contribution in [0, 0.1) is 17.3 Å². The smallest absolute Gasteiger partial charge is 0.315 e. The first kappa shape index (κ1) is 15.1. The lowest BCUT2D eigenvalue weighted by molar-refractivity contribution is -0.150. The van der Waals surface area contributed by atoms with Crippen LogP contribution in [-0.2, 0) is 4.79 Å². The Bertz CT molecular complexity index is 417. The molecule has 114 valence electrons. The third-order valence-corrected chi connectivity index (χ3v) is 5.58. The number of nitrogens with one attached hydrogen (secondary N) is 2. The summed E-state index contributed by atoms with van der Waals surface area (Å²) in [6, 6.07) is 0.0133. The third kappa shape index (κ3) is 2.63. The second-order valence-corrected chi connectivity index (χ2v) is 7.43. The quantitative estimate of drug-likeness (QED) is 0.740. The van der Waals surface area contributed by atoms with E-state index in [1.165, 1.54) is 19.3 Å². The summed E-state index contributed by atoms with van der Waals surface area (Å²) in [4.78, 5) is 23.5. The number of hydrogen-bond donors (Lipinski definition) is 3. The molecule has 5 nitrogen and oxygen atoms in total. The van der Waals surface area contributed by atoms with Crippen molar-refractivity contribution in [3.8, 4) is 0 Å². The molecule has 3 N–H and O–H groups in total. The predicted molar refractivity (Wildman–Crippen MR) is 76.4 cm³/mol. The molecule has 3 atom stereocenters. The van der Waals surface area contributed by atoms with E-state index >= 15 is 0 Å². The lowest BCUT2D eigenvalue weighted by Crippen LogP contribution is -2.60. The Hall–Kier alpha value is -1.26. The van der Waals surface area contributed by atoms with E-state index in [0.717, 1.165) is 12.3 Å². The van der Waals surface area contributed by atoms with Crippen LogP contribution in [-0.4, -0.2) is 28.7 Å². The minimum Gasteiger partial charge on any atom is -0.481 e. The van der Waals surface area contributed by atoms with Crippen molar-refractivity contribution in [2.24, 2.45) is 17.3 Å². The van der Waals surface area contributed by atoms with Crippen LogP contribution in [0.25, 0.3) is 0 Å². The lowest BCUT2D eigenvalue weighted by Gasteiger charge is -2.39. The van der Waals surface area contributed by atoms with Crippen LogP contribution in [0.15, 0.2) is 0 Å². The summed E-state index contributed by atoms with van der Waals surface area (Å²) in [6.45, 7) is 6.77. The molecule has 0 heterocycles. The fraction of sp³-hybridized carbons (Fsp3) is 0.867. The Kier molecular flexibility index (Phi) is 3.73. The van der Waals surface area contributed by atoms with Crippen molar-refractivity contribution < 1.29 is 14.7 Å². The molecule has 0 saturated heterocycles. The number of amides is 2. The van der Waals surface area contributed by atoms with Gasteiger partial charge in [0.2, 0.25) is 0 Å². The van der Waals surface area contributed by atoms with Gasteiger partial charge in [-0.2, -0.15) is 0 Å². The number of carbonyl (C=O) groups excluding carboxylic acids is 1. The minimum absolute atomic E-state index is 0.248. The fourth-order valence-electron chi connectivity index (χ4n) is 3.33. The number of urea groups is 1. The molecular weight excluding hydrogens is 256 g/mol. The predicted octanol–water partition coefficient (Wildman–Crippen LogP) is 2.36. The Labute approximate surface area is 120 Å². The first-order valence-electron chi connectivity index (χ1n) is 7.45. The highest BCUT2D eigenvalue weighted by molar-refractivity contribution is 5.79. The largest absolute Gasteiger partial charge is 0.481 e. The Morgan fingerprint density at radius 1 is 1.10 bits per heavy atom. The van der Waals surface area contributed by atoms with E-state index in [1.807, 2.05) is 0 Å². The molecule has 0 aromatic heterocycles. The maximum atomic E-state index is 12.1. The highest BCUT2D eigenvalue weighted by Gasteiger charge is 2.45. The standard InChI is InChI=1S/C15H26N2O3/c1-14(2,12(18)19)15(3,4)17-13(20)16-11-8-9-5-6-10(11)7-9/h9-11H,5-8H2,1-4H3,(H,18,19)(H2,16,17,20). The van der Waals surface area contributed by atoms with Gasteiger partial charge in [-0.05, 0) is 58.8 Å². The lowest BCUT2D eigenvalue weighted by atomic mass is 9.74. The number of carbonyl (C=O) groups is 2. The molecule has 2 rings (SSSR count). The second-order valence-electron chi connectivity index (χ2n) is 7.43. The number of aliphatic carboxylic acids is 1. The Morgan fingerprint density at radius 2 is 1.75 bits per heavy atom.